The second kappa shape index (κ2) is 10.4. The van der Waals surface area contributed by atoms with Gasteiger partial charge in [-0.3, -0.25) is 0 Å². The van der Waals surface area contributed by atoms with Crippen LogP contribution in [0.25, 0.3) is 67.5 Å². The van der Waals surface area contributed by atoms with Crippen LogP contribution in [0.5, 0.6) is 0 Å². The van der Waals surface area contributed by atoms with Crippen LogP contribution in [0.2, 0.25) is 0 Å². The van der Waals surface area contributed by atoms with Gasteiger partial charge >= 0.3 is 0 Å². The second-order valence-corrected chi connectivity index (χ2v) is 10.7. The molecule has 5 heteroatoms. The van der Waals surface area contributed by atoms with E-state index in [0.29, 0.717) is 0 Å². The summed E-state index contributed by atoms with van der Waals surface area (Å²) in [6, 6.07) is 33.6. The standard InChI is InChI=1S/C35H26N4S/c1-2-19-40-32-22-28-21-27-14-17-30(37-27)33(23-9-5-3-6-10-23)29-16-13-25(36-29)20-26-15-18-31(38-26)34(35(32)39-28)24-11-7-4-8-12-24/h2-18,20-22,37-38H,1,19H2. The third kappa shape index (κ3) is 4.61. The van der Waals surface area contributed by atoms with Crippen molar-refractivity contribution in [3.8, 4) is 22.3 Å². The first-order chi connectivity index (χ1) is 19.7. The summed E-state index contributed by atoms with van der Waals surface area (Å²) in [7, 11) is 0. The molecule has 0 radical (unpaired) electrons. The Hall–Kier alpha value is -4.87. The molecule has 40 heavy (non-hydrogen) atoms. The van der Waals surface area contributed by atoms with E-state index in [2.05, 4.69) is 120 Å². The van der Waals surface area contributed by atoms with Crippen molar-refractivity contribution in [2.24, 2.45) is 0 Å². The largest absolute Gasteiger partial charge is 0.355 e. The minimum atomic E-state index is 0.802. The summed E-state index contributed by atoms with van der Waals surface area (Å²) in [6.45, 7) is 3.94. The summed E-state index contributed by atoms with van der Waals surface area (Å²) in [4.78, 5) is 18.6. The summed E-state index contributed by atoms with van der Waals surface area (Å²) >= 11 is 1.75. The lowest BCUT2D eigenvalue weighted by Gasteiger charge is -2.08. The number of fused-ring (bicyclic) bond motifs is 8. The molecular weight excluding hydrogens is 508 g/mol. The van der Waals surface area contributed by atoms with E-state index in [-0.39, 0.29) is 0 Å². The highest BCUT2D eigenvalue weighted by atomic mass is 32.2. The molecule has 7 rings (SSSR count). The smallest absolute Gasteiger partial charge is 0.0872 e. The first kappa shape index (κ1) is 24.2. The highest BCUT2D eigenvalue weighted by Crippen LogP contribution is 2.39. The van der Waals surface area contributed by atoms with Gasteiger partial charge in [0.2, 0.25) is 0 Å². The van der Waals surface area contributed by atoms with Gasteiger partial charge in [0.25, 0.3) is 0 Å². The van der Waals surface area contributed by atoms with Crippen molar-refractivity contribution >= 4 is 57.0 Å². The van der Waals surface area contributed by atoms with E-state index in [4.69, 9.17) is 9.97 Å². The predicted molar refractivity (Wildman–Crippen MR) is 171 cm³/mol. The number of benzene rings is 2. The molecule has 0 atom stereocenters. The molecule has 0 spiro atoms. The van der Waals surface area contributed by atoms with Crippen LogP contribution in [0.1, 0.15) is 22.8 Å². The maximum Gasteiger partial charge on any atom is 0.0872 e. The average molecular weight is 535 g/mol. The third-order valence-corrected chi connectivity index (χ3v) is 7.98. The summed E-state index contributed by atoms with van der Waals surface area (Å²) in [5.74, 6) is 0.802. The van der Waals surface area contributed by atoms with E-state index < -0.39 is 0 Å². The Labute approximate surface area is 236 Å². The third-order valence-electron chi connectivity index (χ3n) is 6.95. The Morgan fingerprint density at radius 1 is 0.675 bits per heavy atom. The minimum Gasteiger partial charge on any atom is -0.355 e. The number of hydrogen-bond donors (Lipinski definition) is 2. The molecule has 5 heterocycles. The summed E-state index contributed by atoms with van der Waals surface area (Å²) in [5.41, 5.74) is 12.1. The van der Waals surface area contributed by atoms with E-state index >= 15 is 0 Å². The van der Waals surface area contributed by atoms with Gasteiger partial charge in [-0.1, -0.05) is 66.7 Å². The van der Waals surface area contributed by atoms with Crippen molar-refractivity contribution in [3.63, 3.8) is 0 Å². The van der Waals surface area contributed by atoms with E-state index in [1.807, 2.05) is 18.2 Å². The Balaban J connectivity index is 1.59. The van der Waals surface area contributed by atoms with Gasteiger partial charge < -0.3 is 9.97 Å². The molecule has 5 aromatic rings. The lowest BCUT2D eigenvalue weighted by molar-refractivity contribution is 1.31. The van der Waals surface area contributed by atoms with Crippen LogP contribution < -0.4 is 0 Å². The number of nitrogens with zero attached hydrogens (tertiary/aromatic N) is 2. The topological polar surface area (TPSA) is 57.4 Å². The molecule has 0 fully saturated rings. The fraction of sp³-hybridized carbons (Fsp3) is 0.0286. The summed E-state index contributed by atoms with van der Waals surface area (Å²) in [6.07, 6.45) is 8.27. The SMILES string of the molecule is C=CCSC1=Cc2cc3ccc([nH]3)c(-c3ccccc3)c3nc(cc4ccc([nH]4)c(-c4ccccc4)c1n2)C=C3. The van der Waals surface area contributed by atoms with E-state index in [1.54, 1.807) is 11.8 Å². The fourth-order valence-corrected chi connectivity index (χ4v) is 5.99. The zero-order valence-corrected chi connectivity index (χ0v) is 22.6. The van der Waals surface area contributed by atoms with Gasteiger partial charge in [0.15, 0.2) is 0 Å². The number of H-pyrrole nitrogens is 2. The number of rotatable bonds is 5. The van der Waals surface area contributed by atoms with Gasteiger partial charge in [0.05, 0.1) is 22.8 Å². The number of nitrogens with one attached hydrogen (secondary N) is 2. The lowest BCUT2D eigenvalue weighted by atomic mass is 10.0. The summed E-state index contributed by atoms with van der Waals surface area (Å²) < 4.78 is 0. The van der Waals surface area contributed by atoms with Gasteiger partial charge in [-0.05, 0) is 65.8 Å². The molecule has 3 aromatic heterocycles. The second-order valence-electron chi connectivity index (χ2n) is 9.67. The number of hydrogen-bond acceptors (Lipinski definition) is 3. The van der Waals surface area contributed by atoms with Crippen LogP contribution in [0, 0.1) is 0 Å². The minimum absolute atomic E-state index is 0.802. The van der Waals surface area contributed by atoms with Gasteiger partial charge in [-0.25, -0.2) is 9.97 Å². The maximum absolute atomic E-state index is 5.19. The molecule has 2 N–H and O–H groups in total. The van der Waals surface area contributed by atoms with E-state index in [9.17, 15) is 0 Å². The van der Waals surface area contributed by atoms with Gasteiger partial charge in [0.1, 0.15) is 0 Å². The number of thioether (sulfide) groups is 1. The monoisotopic (exact) mass is 534 g/mol. The van der Waals surface area contributed by atoms with E-state index in [0.717, 1.165) is 77.8 Å². The highest BCUT2D eigenvalue weighted by Gasteiger charge is 2.18. The first-order valence-corrected chi connectivity index (χ1v) is 14.2. The average Bonchev–Trinajstić information content (AvgIpc) is 3.79. The molecule has 2 aromatic carbocycles. The van der Waals surface area contributed by atoms with Crippen molar-refractivity contribution in [2.75, 3.05) is 5.75 Å². The molecule has 4 nitrogen and oxygen atoms in total. The molecule has 8 bridgehead atoms. The van der Waals surface area contributed by atoms with Gasteiger partial charge in [0, 0.05) is 43.9 Å². The van der Waals surface area contributed by atoms with Crippen molar-refractivity contribution in [2.45, 2.75) is 0 Å². The molecular formula is C35H26N4S. The summed E-state index contributed by atoms with van der Waals surface area (Å²) in [5, 5.41) is 0. The van der Waals surface area contributed by atoms with Crippen molar-refractivity contribution in [3.05, 3.63) is 132 Å². The molecule has 0 amide bonds. The zero-order valence-electron chi connectivity index (χ0n) is 21.8. The van der Waals surface area contributed by atoms with Crippen molar-refractivity contribution < 1.29 is 0 Å². The van der Waals surface area contributed by atoms with Gasteiger partial charge in [-0.2, -0.15) is 0 Å². The molecule has 0 saturated heterocycles. The Bertz CT molecular complexity index is 1960. The fourth-order valence-electron chi connectivity index (χ4n) is 5.20. The van der Waals surface area contributed by atoms with E-state index in [1.165, 1.54) is 0 Å². The molecule has 192 valence electrons. The van der Waals surface area contributed by atoms with Crippen molar-refractivity contribution in [1.29, 1.82) is 0 Å². The predicted octanol–water partition coefficient (Wildman–Crippen LogP) is 9.24. The lowest BCUT2D eigenvalue weighted by Crippen LogP contribution is -1.88. The van der Waals surface area contributed by atoms with Crippen LogP contribution in [0.3, 0.4) is 0 Å². The van der Waals surface area contributed by atoms with Crippen LogP contribution in [0.4, 0.5) is 0 Å². The zero-order chi connectivity index (χ0) is 26.9. The molecule has 0 aliphatic carbocycles. The molecule has 0 saturated carbocycles. The number of aromatic nitrogens is 4. The Morgan fingerprint density at radius 2 is 1.30 bits per heavy atom. The molecule has 0 unspecified atom stereocenters. The van der Waals surface area contributed by atoms with Crippen LogP contribution in [0.15, 0.2) is 110 Å². The van der Waals surface area contributed by atoms with Crippen LogP contribution in [-0.2, 0) is 0 Å². The maximum atomic E-state index is 5.19. The Morgan fingerprint density at radius 3 is 1.98 bits per heavy atom. The quantitative estimate of drug-likeness (QED) is 0.217. The highest BCUT2D eigenvalue weighted by molar-refractivity contribution is 8.08. The Kier molecular flexibility index (Phi) is 6.27. The van der Waals surface area contributed by atoms with Gasteiger partial charge in [-0.15, -0.1) is 18.3 Å². The van der Waals surface area contributed by atoms with Crippen molar-refractivity contribution in [1.82, 2.24) is 19.9 Å². The normalized spacial score (nSPS) is 12.3. The molecule has 2 aliphatic rings. The number of aromatic amines is 2. The van der Waals surface area contributed by atoms with Crippen LogP contribution >= 0.6 is 11.8 Å². The molecule has 2 aliphatic heterocycles. The van der Waals surface area contributed by atoms with Crippen LogP contribution in [-0.4, -0.2) is 25.7 Å². The first-order valence-electron chi connectivity index (χ1n) is 13.2.